The normalized spacial score (nSPS) is 27.0. The van der Waals surface area contributed by atoms with E-state index in [-0.39, 0.29) is 11.7 Å². The molecule has 5 heteroatoms. The van der Waals surface area contributed by atoms with E-state index in [1.807, 2.05) is 13.8 Å². The first kappa shape index (κ1) is 13.8. The maximum atomic E-state index is 12.1. The average Bonchev–Trinajstić information content (AvgIpc) is 2.39. The van der Waals surface area contributed by atoms with Gasteiger partial charge < -0.3 is 10.1 Å². The van der Waals surface area contributed by atoms with Crippen LogP contribution in [0.3, 0.4) is 0 Å². The second-order valence-corrected chi connectivity index (χ2v) is 5.17. The van der Waals surface area contributed by atoms with Gasteiger partial charge in [0.05, 0.1) is 18.1 Å². The maximum absolute atomic E-state index is 12.1. The highest BCUT2D eigenvalue weighted by Gasteiger charge is 2.33. The second-order valence-electron chi connectivity index (χ2n) is 5.17. The Morgan fingerprint density at radius 1 is 1.44 bits per heavy atom. The zero-order chi connectivity index (χ0) is 12.4. The van der Waals surface area contributed by atoms with E-state index in [0.29, 0.717) is 6.54 Å². The van der Waals surface area contributed by atoms with Crippen molar-refractivity contribution in [3.8, 4) is 0 Å². The highest BCUT2D eigenvalue weighted by atomic mass is 19.4. The molecule has 0 radical (unpaired) electrons. The summed E-state index contributed by atoms with van der Waals surface area (Å²) in [6.07, 6.45) is -2.96. The van der Waals surface area contributed by atoms with Crippen LogP contribution in [0.2, 0.25) is 0 Å². The molecule has 2 unspecified atom stereocenters. The highest BCUT2D eigenvalue weighted by Crippen LogP contribution is 2.29. The number of ether oxygens (including phenoxy) is 1. The summed E-state index contributed by atoms with van der Waals surface area (Å²) in [4.78, 5) is 0. The van der Waals surface area contributed by atoms with Gasteiger partial charge in [-0.25, -0.2) is 0 Å². The van der Waals surface area contributed by atoms with Gasteiger partial charge in [0.25, 0.3) is 0 Å². The maximum Gasteiger partial charge on any atom is 0.390 e. The summed E-state index contributed by atoms with van der Waals surface area (Å²) in [5, 5.41) is 2.87. The summed E-state index contributed by atoms with van der Waals surface area (Å²) in [5.41, 5.74) is -0.125. The molecule has 1 saturated heterocycles. The minimum Gasteiger partial charge on any atom is -0.371 e. The molecule has 0 saturated carbocycles. The van der Waals surface area contributed by atoms with Crippen LogP contribution in [0.5, 0.6) is 0 Å². The van der Waals surface area contributed by atoms with Crippen LogP contribution >= 0.6 is 0 Å². The van der Waals surface area contributed by atoms with Gasteiger partial charge in [-0.15, -0.1) is 0 Å². The van der Waals surface area contributed by atoms with Crippen LogP contribution in [0.15, 0.2) is 0 Å². The first-order valence-electron chi connectivity index (χ1n) is 5.66. The third kappa shape index (κ3) is 5.16. The number of halogens is 3. The first-order chi connectivity index (χ1) is 7.18. The molecule has 1 N–H and O–H groups in total. The summed E-state index contributed by atoms with van der Waals surface area (Å²) in [6, 6.07) is -0.549. The van der Waals surface area contributed by atoms with Crippen LogP contribution in [0.25, 0.3) is 0 Å². The molecule has 0 aromatic rings. The minimum absolute atomic E-state index is 0.0469. The van der Waals surface area contributed by atoms with E-state index >= 15 is 0 Å². The Morgan fingerprint density at radius 2 is 2.06 bits per heavy atom. The van der Waals surface area contributed by atoms with Crippen molar-refractivity contribution in [3.05, 3.63) is 0 Å². The van der Waals surface area contributed by atoms with E-state index in [2.05, 4.69) is 5.32 Å². The molecule has 0 aromatic heterocycles. The standard InChI is InChI=1S/C11H20F3NO/c1-8(6-11(12,13)14)15-7-9-4-5-10(2,3)16-9/h8-9,15H,4-7H2,1-3H3. The fraction of sp³-hybridized carbons (Fsp3) is 1.00. The lowest BCUT2D eigenvalue weighted by atomic mass is 10.1. The van der Waals surface area contributed by atoms with Gasteiger partial charge in [-0.2, -0.15) is 13.2 Å². The van der Waals surface area contributed by atoms with E-state index in [1.54, 1.807) is 6.92 Å². The van der Waals surface area contributed by atoms with Crippen LogP contribution in [0.1, 0.15) is 40.0 Å². The van der Waals surface area contributed by atoms with Crippen molar-refractivity contribution >= 4 is 0 Å². The van der Waals surface area contributed by atoms with E-state index in [9.17, 15) is 13.2 Å². The van der Waals surface area contributed by atoms with Gasteiger partial charge in [-0.05, 0) is 33.6 Å². The molecule has 16 heavy (non-hydrogen) atoms. The molecule has 1 heterocycles. The topological polar surface area (TPSA) is 21.3 Å². The zero-order valence-electron chi connectivity index (χ0n) is 10.0. The Kier molecular flexibility index (Phi) is 4.23. The minimum atomic E-state index is -4.10. The van der Waals surface area contributed by atoms with Crippen molar-refractivity contribution in [2.75, 3.05) is 6.54 Å². The van der Waals surface area contributed by atoms with Gasteiger partial charge in [0, 0.05) is 12.6 Å². The lowest BCUT2D eigenvalue weighted by molar-refractivity contribution is -0.139. The highest BCUT2D eigenvalue weighted by molar-refractivity contribution is 4.82. The van der Waals surface area contributed by atoms with E-state index in [1.165, 1.54) is 0 Å². The van der Waals surface area contributed by atoms with Crippen molar-refractivity contribution in [2.24, 2.45) is 0 Å². The fourth-order valence-electron chi connectivity index (χ4n) is 1.97. The van der Waals surface area contributed by atoms with Crippen LogP contribution in [0, 0.1) is 0 Å². The molecule has 1 rings (SSSR count). The Labute approximate surface area is 94.5 Å². The second kappa shape index (κ2) is 4.92. The van der Waals surface area contributed by atoms with Crippen molar-refractivity contribution < 1.29 is 17.9 Å². The van der Waals surface area contributed by atoms with E-state index in [4.69, 9.17) is 4.74 Å². The molecule has 1 fully saturated rings. The van der Waals surface area contributed by atoms with Crippen molar-refractivity contribution in [1.82, 2.24) is 5.32 Å². The predicted molar refractivity (Wildman–Crippen MR) is 56.3 cm³/mol. The van der Waals surface area contributed by atoms with E-state index in [0.717, 1.165) is 12.8 Å². The Morgan fingerprint density at radius 3 is 2.50 bits per heavy atom. The number of alkyl halides is 3. The third-order valence-electron chi connectivity index (χ3n) is 2.79. The van der Waals surface area contributed by atoms with Crippen LogP contribution in [-0.4, -0.2) is 30.5 Å². The number of hydrogen-bond acceptors (Lipinski definition) is 2. The van der Waals surface area contributed by atoms with Gasteiger partial charge in [-0.3, -0.25) is 0 Å². The lowest BCUT2D eigenvalue weighted by Crippen LogP contribution is -2.37. The van der Waals surface area contributed by atoms with Crippen LogP contribution < -0.4 is 5.32 Å². The summed E-state index contributed by atoms with van der Waals surface area (Å²) in [7, 11) is 0. The Balaban J connectivity index is 2.20. The summed E-state index contributed by atoms with van der Waals surface area (Å²) in [6.45, 7) is 6.06. The predicted octanol–water partition coefficient (Wildman–Crippen LogP) is 2.87. The van der Waals surface area contributed by atoms with E-state index < -0.39 is 18.6 Å². The molecular formula is C11H20F3NO. The molecule has 0 bridgehead atoms. The lowest BCUT2D eigenvalue weighted by Gasteiger charge is -2.21. The van der Waals surface area contributed by atoms with Gasteiger partial charge in [0.1, 0.15) is 0 Å². The fourth-order valence-corrected chi connectivity index (χ4v) is 1.97. The van der Waals surface area contributed by atoms with Crippen LogP contribution in [-0.2, 0) is 4.74 Å². The quantitative estimate of drug-likeness (QED) is 0.814. The zero-order valence-corrected chi connectivity index (χ0v) is 10.0. The molecule has 96 valence electrons. The number of hydrogen-bond donors (Lipinski definition) is 1. The third-order valence-corrected chi connectivity index (χ3v) is 2.79. The molecule has 2 atom stereocenters. The summed E-state index contributed by atoms with van der Waals surface area (Å²) in [5.74, 6) is 0. The molecule has 0 aromatic carbocycles. The van der Waals surface area contributed by atoms with Crippen molar-refractivity contribution in [1.29, 1.82) is 0 Å². The Bertz CT molecular complexity index is 228. The van der Waals surface area contributed by atoms with Crippen molar-refractivity contribution in [2.45, 2.75) is 64.0 Å². The van der Waals surface area contributed by atoms with Gasteiger partial charge in [0.15, 0.2) is 0 Å². The molecule has 1 aliphatic heterocycles. The molecule has 0 spiro atoms. The molecule has 0 aliphatic carbocycles. The first-order valence-corrected chi connectivity index (χ1v) is 5.66. The largest absolute Gasteiger partial charge is 0.390 e. The molecule has 2 nitrogen and oxygen atoms in total. The van der Waals surface area contributed by atoms with Gasteiger partial charge in [-0.1, -0.05) is 0 Å². The molecule has 0 amide bonds. The summed E-state index contributed by atoms with van der Waals surface area (Å²) < 4.78 is 41.9. The summed E-state index contributed by atoms with van der Waals surface area (Å²) >= 11 is 0. The molecule has 1 aliphatic rings. The average molecular weight is 239 g/mol. The van der Waals surface area contributed by atoms with Crippen molar-refractivity contribution in [3.63, 3.8) is 0 Å². The Hall–Kier alpha value is -0.290. The molecular weight excluding hydrogens is 219 g/mol. The van der Waals surface area contributed by atoms with Gasteiger partial charge >= 0.3 is 6.18 Å². The number of rotatable bonds is 4. The van der Waals surface area contributed by atoms with Crippen LogP contribution in [0.4, 0.5) is 13.2 Å². The number of nitrogens with one attached hydrogen (secondary N) is 1. The van der Waals surface area contributed by atoms with Gasteiger partial charge in [0.2, 0.25) is 0 Å². The smallest absolute Gasteiger partial charge is 0.371 e. The monoisotopic (exact) mass is 239 g/mol. The SMILES string of the molecule is CC(CC(F)(F)F)NCC1CCC(C)(C)O1.